The molecule has 0 aliphatic carbocycles. The number of carbonyl (C=O) groups excluding carboxylic acids is 1. The Hall–Kier alpha value is -0.300. The van der Waals surface area contributed by atoms with Gasteiger partial charge < -0.3 is 9.64 Å². The van der Waals surface area contributed by atoms with Crippen LogP contribution in [-0.4, -0.2) is 48.1 Å². The van der Waals surface area contributed by atoms with Crippen molar-refractivity contribution in [1.29, 1.82) is 0 Å². The molecule has 1 heterocycles. The van der Waals surface area contributed by atoms with E-state index < -0.39 is 11.0 Å². The van der Waals surface area contributed by atoms with Crippen LogP contribution in [0, 0.1) is 5.92 Å². The molecule has 0 aromatic carbocycles. The van der Waals surface area contributed by atoms with Gasteiger partial charge in [-0.15, -0.1) is 0 Å². The van der Waals surface area contributed by atoms with Crippen LogP contribution in [0.15, 0.2) is 0 Å². The average Bonchev–Trinajstić information content (AvgIpc) is 2.29. The minimum atomic E-state index is -4.22. The van der Waals surface area contributed by atoms with Crippen molar-refractivity contribution < 1.29 is 22.7 Å². The largest absolute Gasteiger partial charge is 0.466 e. The number of carbonyl (C=O) groups is 1. The van der Waals surface area contributed by atoms with Crippen LogP contribution < -0.4 is 0 Å². The summed E-state index contributed by atoms with van der Waals surface area (Å²) in [6, 6.07) is 0. The highest BCUT2D eigenvalue weighted by Gasteiger charge is 2.39. The molecule has 0 aromatic heterocycles. The van der Waals surface area contributed by atoms with Crippen LogP contribution >= 0.6 is 15.9 Å². The molecule has 1 rings (SSSR count). The molecular formula is C11H17BrF3NO2. The van der Waals surface area contributed by atoms with Gasteiger partial charge in [0.1, 0.15) is 4.83 Å². The Kier molecular flexibility index (Phi) is 5.91. The molecule has 3 nitrogen and oxygen atoms in total. The summed E-state index contributed by atoms with van der Waals surface area (Å²) in [6.45, 7) is 3.02. The van der Waals surface area contributed by atoms with E-state index in [2.05, 4.69) is 15.9 Å². The third-order valence-corrected chi connectivity index (χ3v) is 3.79. The van der Waals surface area contributed by atoms with Gasteiger partial charge in [-0.1, -0.05) is 15.9 Å². The Morgan fingerprint density at radius 2 is 2.00 bits per heavy atom. The minimum absolute atomic E-state index is 0.0704. The lowest BCUT2D eigenvalue weighted by Gasteiger charge is -2.32. The maximum atomic E-state index is 12.4. The van der Waals surface area contributed by atoms with Gasteiger partial charge in [-0.3, -0.25) is 4.79 Å². The molecule has 7 heteroatoms. The van der Waals surface area contributed by atoms with E-state index in [1.807, 2.05) is 0 Å². The van der Waals surface area contributed by atoms with Gasteiger partial charge in [-0.25, -0.2) is 0 Å². The highest BCUT2D eigenvalue weighted by atomic mass is 79.9. The smallest absolute Gasteiger partial charge is 0.402 e. The van der Waals surface area contributed by atoms with Crippen molar-refractivity contribution in [2.45, 2.75) is 30.8 Å². The van der Waals surface area contributed by atoms with E-state index in [0.29, 0.717) is 32.5 Å². The fourth-order valence-electron chi connectivity index (χ4n) is 1.94. The lowest BCUT2D eigenvalue weighted by molar-refractivity contribution is -0.150. The van der Waals surface area contributed by atoms with Crippen LogP contribution in [0.3, 0.4) is 0 Å². The van der Waals surface area contributed by atoms with Crippen molar-refractivity contribution in [2.75, 3.05) is 26.2 Å². The second-order valence-electron chi connectivity index (χ2n) is 4.34. The third kappa shape index (κ3) is 4.76. The van der Waals surface area contributed by atoms with Gasteiger partial charge in [0.25, 0.3) is 0 Å². The summed E-state index contributed by atoms with van der Waals surface area (Å²) in [5, 5.41) is 0. The number of esters is 1. The van der Waals surface area contributed by atoms with Gasteiger partial charge >= 0.3 is 12.1 Å². The van der Waals surface area contributed by atoms with Crippen molar-refractivity contribution in [3.05, 3.63) is 0 Å². The van der Waals surface area contributed by atoms with Crippen LogP contribution in [0.2, 0.25) is 0 Å². The monoisotopic (exact) mass is 331 g/mol. The molecule has 1 atom stereocenters. The Morgan fingerprint density at radius 3 is 2.44 bits per heavy atom. The van der Waals surface area contributed by atoms with Crippen molar-refractivity contribution in [1.82, 2.24) is 4.90 Å². The summed E-state index contributed by atoms with van der Waals surface area (Å²) in [5.41, 5.74) is 0. The lowest BCUT2D eigenvalue weighted by Crippen LogP contribution is -2.43. The quantitative estimate of drug-likeness (QED) is 0.585. The summed E-state index contributed by atoms with van der Waals surface area (Å²) in [6.07, 6.45) is -3.09. The molecule has 106 valence electrons. The zero-order valence-corrected chi connectivity index (χ0v) is 11.8. The molecule has 0 N–H and O–H groups in total. The highest BCUT2D eigenvalue weighted by Crippen LogP contribution is 2.28. The Morgan fingerprint density at radius 1 is 1.44 bits per heavy atom. The van der Waals surface area contributed by atoms with E-state index in [9.17, 15) is 18.0 Å². The normalized spacial score (nSPS) is 20.7. The third-order valence-electron chi connectivity index (χ3n) is 2.98. The summed E-state index contributed by atoms with van der Waals surface area (Å²) in [5.74, 6) is -0.399. The Balaban J connectivity index is 2.33. The summed E-state index contributed by atoms with van der Waals surface area (Å²) >= 11 is 2.64. The topological polar surface area (TPSA) is 29.5 Å². The first-order valence-corrected chi connectivity index (χ1v) is 6.86. The van der Waals surface area contributed by atoms with E-state index in [4.69, 9.17) is 4.74 Å². The van der Waals surface area contributed by atoms with Gasteiger partial charge in [0, 0.05) is 6.54 Å². The predicted octanol–water partition coefficient (Wildman–Crippen LogP) is 2.59. The molecule has 1 aliphatic rings. The standard InChI is InChI=1S/C11H17BrF3NO2/c1-2-18-10(17)8-3-5-16(6-4-8)7-9(12)11(13,14)15/h8-9H,2-7H2,1H3. The molecule has 18 heavy (non-hydrogen) atoms. The second kappa shape index (κ2) is 6.75. The summed E-state index contributed by atoms with van der Waals surface area (Å²) in [4.78, 5) is 11.7. The Bertz CT molecular complexity index is 278. The number of ether oxygens (including phenoxy) is 1. The number of hydrogen-bond acceptors (Lipinski definition) is 3. The van der Waals surface area contributed by atoms with Crippen LogP contribution in [0.25, 0.3) is 0 Å². The number of hydrogen-bond donors (Lipinski definition) is 0. The lowest BCUT2D eigenvalue weighted by atomic mass is 9.97. The van der Waals surface area contributed by atoms with Crippen molar-refractivity contribution in [3.63, 3.8) is 0 Å². The van der Waals surface area contributed by atoms with E-state index in [1.165, 1.54) is 0 Å². The zero-order valence-electron chi connectivity index (χ0n) is 10.2. The average molecular weight is 332 g/mol. The summed E-state index contributed by atoms with van der Waals surface area (Å²) in [7, 11) is 0. The zero-order chi connectivity index (χ0) is 13.8. The van der Waals surface area contributed by atoms with Crippen molar-refractivity contribution in [2.24, 2.45) is 5.92 Å². The molecular weight excluding hydrogens is 315 g/mol. The first-order chi connectivity index (χ1) is 8.34. The van der Waals surface area contributed by atoms with Gasteiger partial charge in [-0.2, -0.15) is 13.2 Å². The molecule has 0 aromatic rings. The minimum Gasteiger partial charge on any atom is -0.466 e. The van der Waals surface area contributed by atoms with Crippen molar-refractivity contribution in [3.8, 4) is 0 Å². The molecule has 0 spiro atoms. The number of rotatable bonds is 4. The van der Waals surface area contributed by atoms with E-state index in [0.717, 1.165) is 0 Å². The van der Waals surface area contributed by atoms with Gasteiger partial charge in [-0.05, 0) is 32.9 Å². The van der Waals surface area contributed by atoms with E-state index >= 15 is 0 Å². The number of halogens is 4. The van der Waals surface area contributed by atoms with Gasteiger partial charge in [0.15, 0.2) is 0 Å². The van der Waals surface area contributed by atoms with Crippen molar-refractivity contribution >= 4 is 21.9 Å². The molecule has 1 fully saturated rings. The van der Waals surface area contributed by atoms with E-state index in [1.54, 1.807) is 11.8 Å². The number of likely N-dealkylation sites (tertiary alicyclic amines) is 1. The number of piperidine rings is 1. The highest BCUT2D eigenvalue weighted by molar-refractivity contribution is 9.09. The van der Waals surface area contributed by atoms with Crippen LogP contribution in [-0.2, 0) is 9.53 Å². The summed E-state index contributed by atoms with van der Waals surface area (Å²) < 4.78 is 42.0. The SMILES string of the molecule is CCOC(=O)C1CCN(CC(Br)C(F)(F)F)CC1. The Labute approximate surface area is 113 Å². The molecule has 1 saturated heterocycles. The maximum absolute atomic E-state index is 12.4. The molecule has 1 unspecified atom stereocenters. The number of alkyl halides is 4. The van der Waals surface area contributed by atoms with Crippen LogP contribution in [0.4, 0.5) is 13.2 Å². The molecule has 0 radical (unpaired) electrons. The molecule has 0 saturated carbocycles. The fourth-order valence-corrected chi connectivity index (χ4v) is 2.35. The van der Waals surface area contributed by atoms with Gasteiger partial charge in [0.2, 0.25) is 0 Å². The molecule has 1 aliphatic heterocycles. The van der Waals surface area contributed by atoms with E-state index in [-0.39, 0.29) is 18.4 Å². The number of nitrogens with zero attached hydrogens (tertiary/aromatic N) is 1. The van der Waals surface area contributed by atoms with Crippen LogP contribution in [0.5, 0.6) is 0 Å². The molecule has 0 bridgehead atoms. The maximum Gasteiger partial charge on any atom is 0.402 e. The molecule has 0 amide bonds. The van der Waals surface area contributed by atoms with Gasteiger partial charge in [0.05, 0.1) is 12.5 Å². The second-order valence-corrected chi connectivity index (χ2v) is 5.44. The first-order valence-electron chi connectivity index (χ1n) is 5.94. The van der Waals surface area contributed by atoms with Crippen LogP contribution in [0.1, 0.15) is 19.8 Å². The predicted molar refractivity (Wildman–Crippen MR) is 64.6 cm³/mol. The fraction of sp³-hybridized carbons (Fsp3) is 0.909. The first kappa shape index (κ1) is 15.8.